The molecule has 1 aliphatic rings. The lowest BCUT2D eigenvalue weighted by Crippen LogP contribution is -2.42. The number of halogens is 4. The minimum atomic E-state index is -4.74. The number of fused-ring (bicyclic) bond motifs is 1. The highest BCUT2D eigenvalue weighted by Crippen LogP contribution is 2.41. The number of aryl methyl sites for hydroxylation is 1. The maximum absolute atomic E-state index is 13.9. The topological polar surface area (TPSA) is 87.8 Å². The van der Waals surface area contributed by atoms with Gasteiger partial charge in [0.15, 0.2) is 0 Å². The van der Waals surface area contributed by atoms with Crippen LogP contribution in [0, 0.1) is 18.3 Å². The fourth-order valence-corrected chi connectivity index (χ4v) is 5.68. The minimum Gasteiger partial charge on any atom is -0.335 e. The molecule has 0 aliphatic heterocycles. The second-order valence-corrected chi connectivity index (χ2v) is 10.6. The molecule has 1 N–H and O–H groups in total. The highest BCUT2D eigenvalue weighted by atomic mass is 32.2. The standard InChI is InChI=1S/C24H24F4N4O2S/c1-14-3-9-19-20(12-29)23(32(22(19)11-14)17-6-4-16(25)5-7-17)21-10-8-18(13-30-21)35(33,34)31-15(2)24(26,27)28/h3,8-11,13,15-17,31H,4-7H2,1-2H3/t15-,16?,17?/m1/s1. The van der Waals surface area contributed by atoms with E-state index in [0.29, 0.717) is 54.9 Å². The van der Waals surface area contributed by atoms with Gasteiger partial charge in [0, 0.05) is 17.6 Å². The molecule has 0 bridgehead atoms. The van der Waals surface area contributed by atoms with Gasteiger partial charge in [0.1, 0.15) is 23.2 Å². The first-order valence-corrected chi connectivity index (χ1v) is 12.6. The summed E-state index contributed by atoms with van der Waals surface area (Å²) in [5.41, 5.74) is 2.93. The van der Waals surface area contributed by atoms with E-state index >= 15 is 0 Å². The molecule has 3 aromatic rings. The normalized spacial score (nSPS) is 20.0. The molecule has 1 saturated carbocycles. The van der Waals surface area contributed by atoms with Crippen molar-refractivity contribution in [2.75, 3.05) is 0 Å². The molecule has 4 rings (SSSR count). The van der Waals surface area contributed by atoms with E-state index in [1.54, 1.807) is 4.72 Å². The largest absolute Gasteiger partial charge is 0.404 e. The average molecular weight is 509 g/mol. The van der Waals surface area contributed by atoms with E-state index in [1.165, 1.54) is 12.1 Å². The number of hydrogen-bond donors (Lipinski definition) is 1. The summed E-state index contributed by atoms with van der Waals surface area (Å²) in [7, 11) is -4.47. The van der Waals surface area contributed by atoms with Crippen molar-refractivity contribution in [1.29, 1.82) is 5.26 Å². The summed E-state index contributed by atoms with van der Waals surface area (Å²) in [6.45, 7) is 2.64. The highest BCUT2D eigenvalue weighted by molar-refractivity contribution is 7.89. The highest BCUT2D eigenvalue weighted by Gasteiger charge is 2.39. The van der Waals surface area contributed by atoms with E-state index in [1.807, 2.05) is 29.7 Å². The molecule has 186 valence electrons. The third-order valence-electron chi connectivity index (χ3n) is 6.38. The van der Waals surface area contributed by atoms with Crippen LogP contribution < -0.4 is 4.72 Å². The summed E-state index contributed by atoms with van der Waals surface area (Å²) in [5, 5.41) is 10.7. The maximum Gasteiger partial charge on any atom is 0.404 e. The Morgan fingerprint density at radius 2 is 1.86 bits per heavy atom. The fourth-order valence-electron chi connectivity index (χ4n) is 4.51. The Labute approximate surface area is 200 Å². The molecule has 0 saturated heterocycles. The molecule has 1 aliphatic carbocycles. The Bertz CT molecular complexity index is 1380. The van der Waals surface area contributed by atoms with E-state index in [-0.39, 0.29) is 6.04 Å². The second-order valence-electron chi connectivity index (χ2n) is 8.90. The zero-order chi connectivity index (χ0) is 25.5. The predicted octanol–water partition coefficient (Wildman–Crippen LogP) is 5.57. The molecular formula is C24H24F4N4O2S. The number of benzene rings is 1. The quantitative estimate of drug-likeness (QED) is 0.457. The lowest BCUT2D eigenvalue weighted by atomic mass is 9.93. The van der Waals surface area contributed by atoms with Gasteiger partial charge in [0.2, 0.25) is 10.0 Å². The van der Waals surface area contributed by atoms with Crippen molar-refractivity contribution in [3.8, 4) is 17.5 Å². The molecule has 6 nitrogen and oxygen atoms in total. The molecule has 1 atom stereocenters. The molecule has 2 heterocycles. The number of nitrogens with one attached hydrogen (secondary N) is 1. The van der Waals surface area contributed by atoms with Crippen LogP contribution in [0.1, 0.15) is 49.8 Å². The van der Waals surface area contributed by atoms with Gasteiger partial charge in [-0.05, 0) is 63.3 Å². The molecule has 2 aromatic heterocycles. The lowest BCUT2D eigenvalue weighted by molar-refractivity contribution is -0.147. The van der Waals surface area contributed by atoms with Gasteiger partial charge in [-0.3, -0.25) is 4.98 Å². The predicted molar refractivity (Wildman–Crippen MR) is 123 cm³/mol. The molecule has 0 radical (unpaired) electrons. The minimum absolute atomic E-state index is 0.0806. The first-order chi connectivity index (χ1) is 16.4. The SMILES string of the molecule is Cc1ccc2c(C#N)c(-c3ccc(S(=O)(=O)N[C@H](C)C(F)(F)F)cn3)n(C3CCC(F)CC3)c2c1. The van der Waals surface area contributed by atoms with Gasteiger partial charge in [-0.2, -0.15) is 23.2 Å². The number of rotatable bonds is 5. The molecule has 0 unspecified atom stereocenters. The summed E-state index contributed by atoms with van der Waals surface area (Å²) in [6.07, 6.45) is -2.70. The molecule has 35 heavy (non-hydrogen) atoms. The second kappa shape index (κ2) is 9.24. The van der Waals surface area contributed by atoms with Gasteiger partial charge in [0.05, 0.1) is 22.5 Å². The van der Waals surface area contributed by atoms with Gasteiger partial charge in [-0.15, -0.1) is 0 Å². The smallest absolute Gasteiger partial charge is 0.335 e. The van der Waals surface area contributed by atoms with Gasteiger partial charge >= 0.3 is 6.18 Å². The summed E-state index contributed by atoms with van der Waals surface area (Å²) in [5.74, 6) is 0. The van der Waals surface area contributed by atoms with Crippen LogP contribution in [0.5, 0.6) is 0 Å². The Morgan fingerprint density at radius 3 is 2.43 bits per heavy atom. The van der Waals surface area contributed by atoms with Crippen LogP contribution in [0.4, 0.5) is 17.6 Å². The van der Waals surface area contributed by atoms with Crippen molar-refractivity contribution in [2.45, 2.75) is 68.9 Å². The zero-order valence-corrected chi connectivity index (χ0v) is 19.9. The van der Waals surface area contributed by atoms with Crippen molar-refractivity contribution in [3.05, 3.63) is 47.7 Å². The Balaban J connectivity index is 1.81. The number of nitriles is 1. The van der Waals surface area contributed by atoms with Crippen LogP contribution in [0.25, 0.3) is 22.3 Å². The maximum atomic E-state index is 13.9. The molecule has 0 amide bonds. The van der Waals surface area contributed by atoms with Gasteiger partial charge < -0.3 is 4.57 Å². The number of hydrogen-bond acceptors (Lipinski definition) is 4. The lowest BCUT2D eigenvalue weighted by Gasteiger charge is -2.28. The Hall–Kier alpha value is -2.97. The van der Waals surface area contributed by atoms with E-state index in [4.69, 9.17) is 0 Å². The number of alkyl halides is 4. The summed E-state index contributed by atoms with van der Waals surface area (Å²) in [6, 6.07) is 8.09. The van der Waals surface area contributed by atoms with Crippen LogP contribution in [-0.4, -0.2) is 36.4 Å². The number of aromatic nitrogens is 2. The van der Waals surface area contributed by atoms with Crippen LogP contribution in [0.2, 0.25) is 0 Å². The van der Waals surface area contributed by atoms with E-state index in [0.717, 1.165) is 17.3 Å². The number of pyridine rings is 1. The van der Waals surface area contributed by atoms with Gasteiger partial charge in [0.25, 0.3) is 0 Å². The monoisotopic (exact) mass is 508 g/mol. The zero-order valence-electron chi connectivity index (χ0n) is 19.1. The van der Waals surface area contributed by atoms with Crippen molar-refractivity contribution >= 4 is 20.9 Å². The molecule has 1 fully saturated rings. The first kappa shape index (κ1) is 25.1. The summed E-state index contributed by atoms with van der Waals surface area (Å²) < 4.78 is 80.8. The van der Waals surface area contributed by atoms with Gasteiger partial charge in [-0.25, -0.2) is 12.8 Å². The van der Waals surface area contributed by atoms with Crippen molar-refractivity contribution < 1.29 is 26.0 Å². The molecule has 11 heteroatoms. The fraction of sp³-hybridized carbons (Fsp3) is 0.417. The van der Waals surface area contributed by atoms with Crippen LogP contribution in [0.15, 0.2) is 41.4 Å². The summed E-state index contributed by atoms with van der Waals surface area (Å²) in [4.78, 5) is 3.81. The van der Waals surface area contributed by atoms with Crippen molar-refractivity contribution in [3.63, 3.8) is 0 Å². The number of sulfonamides is 1. The molecule has 1 aromatic carbocycles. The van der Waals surface area contributed by atoms with Crippen molar-refractivity contribution in [2.24, 2.45) is 0 Å². The molecule has 0 spiro atoms. The summed E-state index contributed by atoms with van der Waals surface area (Å²) >= 11 is 0. The third-order valence-corrected chi connectivity index (χ3v) is 7.90. The average Bonchev–Trinajstić information content (AvgIpc) is 3.12. The van der Waals surface area contributed by atoms with Crippen molar-refractivity contribution in [1.82, 2.24) is 14.3 Å². The van der Waals surface area contributed by atoms with Gasteiger partial charge in [-0.1, -0.05) is 12.1 Å². The third kappa shape index (κ3) is 4.90. The van der Waals surface area contributed by atoms with Crippen LogP contribution in [0.3, 0.4) is 0 Å². The molecular weight excluding hydrogens is 484 g/mol. The van der Waals surface area contributed by atoms with E-state index in [9.17, 15) is 31.2 Å². The number of nitrogens with zero attached hydrogens (tertiary/aromatic N) is 3. The van der Waals surface area contributed by atoms with E-state index < -0.39 is 33.3 Å². The Morgan fingerprint density at radius 1 is 1.17 bits per heavy atom. The van der Waals surface area contributed by atoms with Crippen LogP contribution in [-0.2, 0) is 10.0 Å². The van der Waals surface area contributed by atoms with E-state index in [2.05, 4.69) is 11.1 Å². The first-order valence-electron chi connectivity index (χ1n) is 11.2. The van der Waals surface area contributed by atoms with Crippen LogP contribution >= 0.6 is 0 Å². The Kier molecular flexibility index (Phi) is 6.64.